The summed E-state index contributed by atoms with van der Waals surface area (Å²) < 4.78 is 39.5. The lowest BCUT2D eigenvalue weighted by molar-refractivity contribution is 0.101. The molecule has 8 nitrogen and oxygen atoms in total. The third-order valence-corrected chi connectivity index (χ3v) is 6.90. The molecule has 3 heterocycles. The number of pyridine rings is 1. The van der Waals surface area contributed by atoms with Gasteiger partial charge < -0.3 is 9.88 Å². The molecule has 0 saturated carbocycles. The van der Waals surface area contributed by atoms with Gasteiger partial charge in [0.15, 0.2) is 0 Å². The summed E-state index contributed by atoms with van der Waals surface area (Å²) in [5.74, 6) is -1.17. The van der Waals surface area contributed by atoms with Gasteiger partial charge in [-0.05, 0) is 24.8 Å². The molecule has 2 aromatic heterocycles. The van der Waals surface area contributed by atoms with E-state index in [9.17, 15) is 13.4 Å². The molecule has 0 aliphatic carbocycles. The molecule has 10 heteroatoms. The van der Waals surface area contributed by atoms with Gasteiger partial charge in [-0.3, -0.25) is 4.79 Å². The van der Waals surface area contributed by atoms with Gasteiger partial charge >= 0.3 is 0 Å². The van der Waals surface area contributed by atoms with Crippen molar-refractivity contribution in [2.45, 2.75) is 44.0 Å². The Balaban J connectivity index is 1.97. The number of carbonyl (C=O) groups excluding carboxylic acids is 1. The Kier molecular flexibility index (Phi) is 5.73. The highest BCUT2D eigenvalue weighted by Crippen LogP contribution is 2.30. The summed E-state index contributed by atoms with van der Waals surface area (Å²) in [5, 5.41) is 11.5. The fraction of sp³-hybridized carbons (Fsp3) is 0.421. The Morgan fingerprint density at radius 3 is 2.97 bits per heavy atom. The molecule has 0 fully saturated rings. The Morgan fingerprint density at radius 1 is 1.59 bits per heavy atom. The molecule has 154 valence electrons. The van der Waals surface area contributed by atoms with Gasteiger partial charge in [0, 0.05) is 36.6 Å². The second-order valence-electron chi connectivity index (χ2n) is 7.27. The predicted octanol–water partition coefficient (Wildman–Crippen LogP) is 2.95. The molecule has 0 aromatic carbocycles. The third-order valence-electron chi connectivity index (χ3n) is 5.29. The zero-order valence-corrected chi connectivity index (χ0v) is 17.3. The molecule has 1 unspecified atom stereocenters. The second kappa shape index (κ2) is 7.93. The molecule has 3 atom stereocenters. The van der Waals surface area contributed by atoms with Crippen LogP contribution >= 0.6 is 0 Å². The summed E-state index contributed by atoms with van der Waals surface area (Å²) in [6, 6.07) is 3.94. The van der Waals surface area contributed by atoms with E-state index in [4.69, 9.17) is 10.0 Å². The van der Waals surface area contributed by atoms with Crippen molar-refractivity contribution in [3.05, 3.63) is 41.2 Å². The number of anilines is 1. The molecule has 0 saturated heterocycles. The number of hydrogen-bond donors (Lipinski definition) is 3. The van der Waals surface area contributed by atoms with E-state index in [2.05, 4.69) is 15.0 Å². The van der Waals surface area contributed by atoms with Crippen molar-refractivity contribution >= 4 is 21.5 Å². The zero-order valence-electron chi connectivity index (χ0n) is 16.5. The van der Waals surface area contributed by atoms with Crippen LogP contribution in [0.1, 0.15) is 48.4 Å². The minimum Gasteiger partial charge on any atom is -0.345 e. The van der Waals surface area contributed by atoms with Crippen LogP contribution in [0.2, 0.25) is 0 Å². The van der Waals surface area contributed by atoms with Crippen LogP contribution in [-0.2, 0) is 23.4 Å². The van der Waals surface area contributed by atoms with Gasteiger partial charge in [0.05, 0.1) is 4.90 Å². The quantitative estimate of drug-likeness (QED) is 0.660. The lowest BCUT2D eigenvalue weighted by Crippen LogP contribution is -2.37. The number of aryl methyl sites for hydroxylation is 1. The number of aromatic nitrogens is 2. The largest absolute Gasteiger partial charge is 0.345 e. The fourth-order valence-corrected chi connectivity index (χ4v) is 5.33. The third kappa shape index (κ3) is 4.16. The summed E-state index contributed by atoms with van der Waals surface area (Å²) in [5.41, 5.74) is 0.770. The Morgan fingerprint density at radius 2 is 2.31 bits per heavy atom. The van der Waals surface area contributed by atoms with E-state index in [1.807, 2.05) is 13.8 Å². The molecular weight excluding hydrogens is 395 g/mol. The minimum absolute atomic E-state index is 0.0916. The lowest BCUT2D eigenvalue weighted by atomic mass is 9.94. The van der Waals surface area contributed by atoms with E-state index in [-0.39, 0.29) is 29.0 Å². The Hall–Kier alpha value is -2.77. The number of halogens is 1. The average Bonchev–Trinajstić information content (AvgIpc) is 2.94. The molecule has 0 radical (unpaired) electrons. The number of hydrogen-bond acceptors (Lipinski definition) is 5. The SMILES string of the molecule is CC[C@H](C)[C@H]1CCc2c(cn(C)c2C(=O)Nc2cc(F)nc(C#N)c2)S(=N)(=O)N1. The van der Waals surface area contributed by atoms with Crippen molar-refractivity contribution in [3.8, 4) is 6.07 Å². The van der Waals surface area contributed by atoms with Gasteiger partial charge in [-0.25, -0.2) is 18.7 Å². The van der Waals surface area contributed by atoms with E-state index >= 15 is 0 Å². The normalized spacial score (nSPS) is 22.2. The summed E-state index contributed by atoms with van der Waals surface area (Å²) in [6.07, 6.45) is 3.56. The number of nitriles is 1. The second-order valence-corrected chi connectivity index (χ2v) is 9.05. The van der Waals surface area contributed by atoms with Gasteiger partial charge in [0.2, 0.25) is 5.95 Å². The van der Waals surface area contributed by atoms with Crippen LogP contribution in [0.25, 0.3) is 0 Å². The van der Waals surface area contributed by atoms with Crippen LogP contribution in [-0.4, -0.2) is 25.7 Å². The highest BCUT2D eigenvalue weighted by Gasteiger charge is 2.32. The molecule has 1 amide bonds. The first-order chi connectivity index (χ1) is 13.7. The first-order valence-corrected chi connectivity index (χ1v) is 10.8. The van der Waals surface area contributed by atoms with Crippen molar-refractivity contribution < 1.29 is 13.4 Å². The van der Waals surface area contributed by atoms with E-state index < -0.39 is 21.8 Å². The van der Waals surface area contributed by atoms with Crippen molar-refractivity contribution in [2.24, 2.45) is 13.0 Å². The zero-order chi connectivity index (χ0) is 21.3. The number of nitrogens with one attached hydrogen (secondary N) is 3. The number of amides is 1. The molecule has 1 aliphatic heterocycles. The molecular formula is C19H23FN6O2S. The number of carbonyl (C=O) groups is 1. The maximum Gasteiger partial charge on any atom is 0.272 e. The van der Waals surface area contributed by atoms with Crippen LogP contribution in [0.3, 0.4) is 0 Å². The first kappa shape index (κ1) is 21.0. The van der Waals surface area contributed by atoms with Crippen molar-refractivity contribution in [2.75, 3.05) is 5.32 Å². The fourth-order valence-electron chi connectivity index (χ4n) is 3.57. The Bertz CT molecular complexity index is 1100. The van der Waals surface area contributed by atoms with Crippen molar-refractivity contribution in [3.63, 3.8) is 0 Å². The molecule has 29 heavy (non-hydrogen) atoms. The van der Waals surface area contributed by atoms with Crippen LogP contribution in [0.4, 0.5) is 10.1 Å². The van der Waals surface area contributed by atoms with Gasteiger partial charge in [-0.15, -0.1) is 0 Å². The standard InChI is InChI=1S/C19H23FN6O2S/c1-4-11(2)15-6-5-14-16(29(22,28)25-15)10-26(3)18(14)19(27)24-12-7-13(9-21)23-17(20)8-12/h7-8,10-11,15H,4-6H2,1-3H3,(H2,22,25,28)(H,23,24,27)/t11-,15+,29?/m0/s1. The summed E-state index contributed by atoms with van der Waals surface area (Å²) in [6.45, 7) is 4.08. The summed E-state index contributed by atoms with van der Waals surface area (Å²) >= 11 is 0. The number of nitrogens with zero attached hydrogens (tertiary/aromatic N) is 3. The molecule has 0 bridgehead atoms. The van der Waals surface area contributed by atoms with Crippen molar-refractivity contribution in [1.82, 2.24) is 14.3 Å². The van der Waals surface area contributed by atoms with Crippen LogP contribution in [0.15, 0.2) is 23.2 Å². The first-order valence-electron chi connectivity index (χ1n) is 9.29. The van der Waals surface area contributed by atoms with Crippen LogP contribution < -0.4 is 10.0 Å². The minimum atomic E-state index is -3.27. The van der Waals surface area contributed by atoms with Gasteiger partial charge in [0.1, 0.15) is 27.4 Å². The van der Waals surface area contributed by atoms with Crippen LogP contribution in [0.5, 0.6) is 0 Å². The smallest absolute Gasteiger partial charge is 0.272 e. The van der Waals surface area contributed by atoms with Gasteiger partial charge in [-0.1, -0.05) is 20.3 Å². The monoisotopic (exact) mass is 418 g/mol. The van der Waals surface area contributed by atoms with E-state index in [1.165, 1.54) is 10.6 Å². The topological polar surface area (TPSA) is 124 Å². The van der Waals surface area contributed by atoms with Gasteiger partial charge in [-0.2, -0.15) is 9.65 Å². The van der Waals surface area contributed by atoms with E-state index in [0.717, 1.165) is 12.5 Å². The number of fused-ring (bicyclic) bond motifs is 1. The highest BCUT2D eigenvalue weighted by atomic mass is 32.2. The summed E-state index contributed by atoms with van der Waals surface area (Å²) in [7, 11) is -1.63. The molecule has 2 aromatic rings. The Labute approximate surface area is 169 Å². The predicted molar refractivity (Wildman–Crippen MR) is 106 cm³/mol. The van der Waals surface area contributed by atoms with Crippen LogP contribution in [0, 0.1) is 28.0 Å². The molecule has 0 spiro atoms. The number of rotatable bonds is 4. The van der Waals surface area contributed by atoms with Crippen molar-refractivity contribution in [1.29, 1.82) is 10.0 Å². The summed E-state index contributed by atoms with van der Waals surface area (Å²) in [4.78, 5) is 16.7. The van der Waals surface area contributed by atoms with Gasteiger partial charge in [0.25, 0.3) is 5.91 Å². The maximum atomic E-state index is 13.6. The lowest BCUT2D eigenvalue weighted by Gasteiger charge is -2.22. The molecule has 1 aliphatic rings. The maximum absolute atomic E-state index is 13.6. The van der Waals surface area contributed by atoms with E-state index in [1.54, 1.807) is 19.3 Å². The average molecular weight is 418 g/mol. The van der Waals surface area contributed by atoms with E-state index in [0.29, 0.717) is 23.3 Å². The molecule has 3 rings (SSSR count). The molecule has 3 N–H and O–H groups in total. The highest BCUT2D eigenvalue weighted by molar-refractivity contribution is 7.90.